The minimum atomic E-state index is -1.13. The molecule has 0 aromatic carbocycles. The van der Waals surface area contributed by atoms with Gasteiger partial charge in [0.25, 0.3) is 11.8 Å². The van der Waals surface area contributed by atoms with Gasteiger partial charge in [0.15, 0.2) is 0 Å². The van der Waals surface area contributed by atoms with E-state index in [1.807, 2.05) is 0 Å². The van der Waals surface area contributed by atoms with Gasteiger partial charge in [-0.05, 0) is 20.8 Å². The van der Waals surface area contributed by atoms with Gasteiger partial charge < -0.3 is 4.74 Å². The standard InChI is InChI=1S/C8H12F2N2O/c1-8(2,3)12-7(13-4)5(9)6(10)11-12/h1-4H3. The van der Waals surface area contributed by atoms with Crippen molar-refractivity contribution in [3.05, 3.63) is 11.8 Å². The first-order valence-corrected chi connectivity index (χ1v) is 3.86. The average Bonchev–Trinajstić information content (AvgIpc) is 2.28. The molecule has 0 amide bonds. The first kappa shape index (κ1) is 9.95. The molecule has 0 fully saturated rings. The molecular formula is C8H12F2N2O. The molecule has 5 heteroatoms. The zero-order valence-corrected chi connectivity index (χ0v) is 8.06. The number of rotatable bonds is 1. The second-order valence-electron chi connectivity index (χ2n) is 3.70. The van der Waals surface area contributed by atoms with Crippen molar-refractivity contribution in [2.75, 3.05) is 7.11 Å². The van der Waals surface area contributed by atoms with Crippen molar-refractivity contribution in [1.29, 1.82) is 0 Å². The lowest BCUT2D eigenvalue weighted by atomic mass is 10.1. The van der Waals surface area contributed by atoms with Crippen LogP contribution < -0.4 is 4.74 Å². The molecular weight excluding hydrogens is 178 g/mol. The fraction of sp³-hybridized carbons (Fsp3) is 0.625. The summed E-state index contributed by atoms with van der Waals surface area (Å²) in [5, 5.41) is 3.40. The highest BCUT2D eigenvalue weighted by Gasteiger charge is 2.26. The Bertz CT molecular complexity index is 315. The number of methoxy groups -OCH3 is 1. The van der Waals surface area contributed by atoms with E-state index in [9.17, 15) is 8.78 Å². The van der Waals surface area contributed by atoms with E-state index >= 15 is 0 Å². The molecule has 1 heterocycles. The molecule has 74 valence electrons. The van der Waals surface area contributed by atoms with E-state index in [1.54, 1.807) is 20.8 Å². The Labute approximate surface area is 75.3 Å². The molecule has 1 aromatic rings. The molecule has 0 aliphatic rings. The number of aromatic nitrogens is 2. The third kappa shape index (κ3) is 1.64. The van der Waals surface area contributed by atoms with Crippen molar-refractivity contribution in [2.45, 2.75) is 26.3 Å². The Morgan fingerprint density at radius 2 is 1.85 bits per heavy atom. The minimum Gasteiger partial charge on any atom is -0.479 e. The Morgan fingerprint density at radius 3 is 2.15 bits per heavy atom. The normalized spacial score (nSPS) is 11.8. The predicted octanol–water partition coefficient (Wildman–Crippen LogP) is 1.92. The highest BCUT2D eigenvalue weighted by atomic mass is 19.2. The molecule has 0 radical (unpaired) electrons. The van der Waals surface area contributed by atoms with Crippen LogP contribution in [0.3, 0.4) is 0 Å². The van der Waals surface area contributed by atoms with Crippen molar-refractivity contribution in [3.8, 4) is 5.88 Å². The smallest absolute Gasteiger partial charge is 0.272 e. The summed E-state index contributed by atoms with van der Waals surface area (Å²) in [6.45, 7) is 5.34. The highest BCUT2D eigenvalue weighted by molar-refractivity contribution is 5.14. The first-order valence-electron chi connectivity index (χ1n) is 3.86. The third-order valence-corrected chi connectivity index (χ3v) is 1.58. The Hall–Kier alpha value is -1.13. The monoisotopic (exact) mass is 190 g/mol. The van der Waals surface area contributed by atoms with Gasteiger partial charge in [0.2, 0.25) is 5.82 Å². The van der Waals surface area contributed by atoms with E-state index in [0.717, 1.165) is 0 Å². The number of hydrogen-bond donors (Lipinski definition) is 0. The van der Waals surface area contributed by atoms with Crippen LogP contribution >= 0.6 is 0 Å². The first-order chi connectivity index (χ1) is 5.88. The van der Waals surface area contributed by atoms with E-state index in [-0.39, 0.29) is 5.88 Å². The van der Waals surface area contributed by atoms with Crippen LogP contribution in [-0.2, 0) is 5.54 Å². The molecule has 0 bridgehead atoms. The van der Waals surface area contributed by atoms with Gasteiger partial charge in [-0.3, -0.25) is 0 Å². The quantitative estimate of drug-likeness (QED) is 0.676. The van der Waals surface area contributed by atoms with Crippen LogP contribution in [0.25, 0.3) is 0 Å². The molecule has 1 rings (SSSR count). The fourth-order valence-corrected chi connectivity index (χ4v) is 0.989. The van der Waals surface area contributed by atoms with Gasteiger partial charge in [-0.2, -0.15) is 8.78 Å². The topological polar surface area (TPSA) is 27.1 Å². The highest BCUT2D eigenvalue weighted by Crippen LogP contribution is 2.25. The lowest BCUT2D eigenvalue weighted by Crippen LogP contribution is -2.24. The zero-order chi connectivity index (χ0) is 10.2. The van der Waals surface area contributed by atoms with E-state index in [1.165, 1.54) is 11.8 Å². The van der Waals surface area contributed by atoms with Crippen LogP contribution in [0.4, 0.5) is 8.78 Å². The van der Waals surface area contributed by atoms with Crippen molar-refractivity contribution < 1.29 is 13.5 Å². The van der Waals surface area contributed by atoms with Crippen molar-refractivity contribution in [1.82, 2.24) is 9.78 Å². The van der Waals surface area contributed by atoms with Crippen LogP contribution in [-0.4, -0.2) is 16.9 Å². The summed E-state index contributed by atoms with van der Waals surface area (Å²) in [5.41, 5.74) is -0.503. The SMILES string of the molecule is COc1c(F)c(F)nn1C(C)(C)C. The molecule has 0 spiro atoms. The Kier molecular flexibility index (Phi) is 2.28. The van der Waals surface area contributed by atoms with Crippen LogP contribution in [0, 0.1) is 11.8 Å². The van der Waals surface area contributed by atoms with Gasteiger partial charge in [-0.25, -0.2) is 4.68 Å². The van der Waals surface area contributed by atoms with Gasteiger partial charge in [0.1, 0.15) is 0 Å². The molecule has 1 aromatic heterocycles. The summed E-state index contributed by atoms with van der Waals surface area (Å²) in [6.07, 6.45) is 0. The Morgan fingerprint density at radius 1 is 1.31 bits per heavy atom. The summed E-state index contributed by atoms with van der Waals surface area (Å²) in [5.74, 6) is -2.35. The average molecular weight is 190 g/mol. The molecule has 0 aliphatic heterocycles. The van der Waals surface area contributed by atoms with Gasteiger partial charge >= 0.3 is 0 Å². The zero-order valence-electron chi connectivity index (χ0n) is 8.06. The number of ether oxygens (including phenoxy) is 1. The van der Waals surface area contributed by atoms with Gasteiger partial charge in [-0.15, -0.1) is 5.10 Å². The van der Waals surface area contributed by atoms with Crippen molar-refractivity contribution in [3.63, 3.8) is 0 Å². The predicted molar refractivity (Wildman–Crippen MR) is 43.7 cm³/mol. The van der Waals surface area contributed by atoms with Crippen LogP contribution in [0.5, 0.6) is 5.88 Å². The maximum Gasteiger partial charge on any atom is 0.272 e. The summed E-state index contributed by atoms with van der Waals surface area (Å²) in [7, 11) is 1.28. The summed E-state index contributed by atoms with van der Waals surface area (Å²) < 4.78 is 31.6. The van der Waals surface area contributed by atoms with E-state index in [2.05, 4.69) is 5.10 Å². The van der Waals surface area contributed by atoms with Crippen molar-refractivity contribution in [2.24, 2.45) is 0 Å². The van der Waals surface area contributed by atoms with Gasteiger partial charge in [-0.1, -0.05) is 0 Å². The second kappa shape index (κ2) is 2.97. The van der Waals surface area contributed by atoms with Gasteiger partial charge in [0, 0.05) is 0 Å². The maximum absolute atomic E-state index is 13.0. The fourth-order valence-electron chi connectivity index (χ4n) is 0.989. The van der Waals surface area contributed by atoms with E-state index in [4.69, 9.17) is 4.74 Å². The van der Waals surface area contributed by atoms with Crippen molar-refractivity contribution >= 4 is 0 Å². The number of nitrogens with zero attached hydrogens (tertiary/aromatic N) is 2. The maximum atomic E-state index is 13.0. The van der Waals surface area contributed by atoms with Crippen LogP contribution in [0.1, 0.15) is 20.8 Å². The summed E-state index contributed by atoms with van der Waals surface area (Å²) >= 11 is 0. The lowest BCUT2D eigenvalue weighted by molar-refractivity contribution is 0.272. The molecule has 0 N–H and O–H groups in total. The molecule has 3 nitrogen and oxygen atoms in total. The van der Waals surface area contributed by atoms with E-state index in [0.29, 0.717) is 0 Å². The molecule has 0 atom stereocenters. The molecule has 13 heavy (non-hydrogen) atoms. The largest absolute Gasteiger partial charge is 0.479 e. The third-order valence-electron chi connectivity index (χ3n) is 1.58. The molecule has 0 unspecified atom stereocenters. The molecule has 0 saturated carbocycles. The molecule has 0 aliphatic carbocycles. The summed E-state index contributed by atoms with van der Waals surface area (Å²) in [4.78, 5) is 0. The van der Waals surface area contributed by atoms with Crippen LogP contribution in [0.15, 0.2) is 0 Å². The Balaban J connectivity index is 3.30. The minimum absolute atomic E-state index is 0.176. The second-order valence-corrected chi connectivity index (χ2v) is 3.70. The van der Waals surface area contributed by atoms with Crippen LogP contribution in [0.2, 0.25) is 0 Å². The number of halogens is 2. The number of hydrogen-bond acceptors (Lipinski definition) is 2. The van der Waals surface area contributed by atoms with E-state index < -0.39 is 17.3 Å². The van der Waals surface area contributed by atoms with Gasteiger partial charge in [0.05, 0.1) is 12.6 Å². The summed E-state index contributed by atoms with van der Waals surface area (Å²) in [6, 6.07) is 0. The lowest BCUT2D eigenvalue weighted by Gasteiger charge is -2.20. The molecule has 0 saturated heterocycles.